The summed E-state index contributed by atoms with van der Waals surface area (Å²) in [5.74, 6) is 0.502. The molecule has 0 saturated heterocycles. The van der Waals surface area contributed by atoms with Crippen LogP contribution < -0.4 is 4.90 Å². The molecule has 1 fully saturated rings. The lowest BCUT2D eigenvalue weighted by molar-refractivity contribution is -0.119. The third kappa shape index (κ3) is 3.77. The fraction of sp³-hybridized carbons (Fsp3) is 0.450. The highest BCUT2D eigenvalue weighted by Gasteiger charge is 2.30. The highest BCUT2D eigenvalue weighted by atomic mass is 16.3. The summed E-state index contributed by atoms with van der Waals surface area (Å²) in [5.41, 5.74) is 0.955. The van der Waals surface area contributed by atoms with Gasteiger partial charge in [-0.1, -0.05) is 36.4 Å². The third-order valence-electron chi connectivity index (χ3n) is 4.74. The highest BCUT2D eigenvalue weighted by Crippen LogP contribution is 2.32. The lowest BCUT2D eigenvalue weighted by Crippen LogP contribution is -2.41. The Balaban J connectivity index is 1.73. The smallest absolute Gasteiger partial charge is 0.241 e. The Morgan fingerprint density at radius 1 is 1.21 bits per heavy atom. The van der Waals surface area contributed by atoms with Gasteiger partial charge in [-0.2, -0.15) is 0 Å². The van der Waals surface area contributed by atoms with Gasteiger partial charge < -0.3 is 10.0 Å². The van der Waals surface area contributed by atoms with Gasteiger partial charge in [-0.25, -0.2) is 0 Å². The molecule has 0 radical (unpaired) electrons. The van der Waals surface area contributed by atoms with Crippen molar-refractivity contribution in [3.8, 4) is 0 Å². The molecule has 0 heterocycles. The zero-order chi connectivity index (χ0) is 17.1. The van der Waals surface area contributed by atoms with Crippen LogP contribution in [-0.4, -0.2) is 48.7 Å². The molecule has 0 aromatic heterocycles. The average molecular weight is 326 g/mol. The molecule has 128 valence electrons. The second kappa shape index (κ2) is 7.32. The summed E-state index contributed by atoms with van der Waals surface area (Å²) >= 11 is 0. The van der Waals surface area contributed by atoms with Crippen LogP contribution in [-0.2, 0) is 4.79 Å². The highest BCUT2D eigenvalue weighted by molar-refractivity contribution is 6.04. The van der Waals surface area contributed by atoms with Crippen molar-refractivity contribution in [3.63, 3.8) is 0 Å². The Labute approximate surface area is 143 Å². The largest absolute Gasteiger partial charge is 0.392 e. The summed E-state index contributed by atoms with van der Waals surface area (Å²) in [6, 6.07) is 14.2. The predicted molar refractivity (Wildman–Crippen MR) is 98.2 cm³/mol. The first-order valence-corrected chi connectivity index (χ1v) is 8.75. The van der Waals surface area contributed by atoms with E-state index < -0.39 is 0 Å². The van der Waals surface area contributed by atoms with Gasteiger partial charge in [-0.15, -0.1) is 0 Å². The average Bonchev–Trinajstić information content (AvgIpc) is 3.40. The van der Waals surface area contributed by atoms with Gasteiger partial charge in [0.25, 0.3) is 0 Å². The summed E-state index contributed by atoms with van der Waals surface area (Å²) in [6.45, 7) is 3.51. The summed E-state index contributed by atoms with van der Waals surface area (Å²) in [5, 5.41) is 12.3. The van der Waals surface area contributed by atoms with E-state index in [1.54, 1.807) is 0 Å². The first-order valence-electron chi connectivity index (χ1n) is 8.75. The predicted octanol–water partition coefficient (Wildman–Crippen LogP) is 2.90. The maximum Gasteiger partial charge on any atom is 0.241 e. The normalized spacial score (nSPS) is 15.7. The molecule has 1 atom stereocenters. The van der Waals surface area contributed by atoms with Gasteiger partial charge in [0.15, 0.2) is 0 Å². The standard InChI is InChI=1S/C20H26N2O2/c1-3-22(18-10-6-8-15-7-4-5-9-17(15)18)20(24)14-21(2)13-19(23)16-11-12-16/h4-10,16,19,23H,3,11-14H2,1-2H3. The molecule has 1 amide bonds. The SMILES string of the molecule is CCN(C(=O)CN(C)CC(O)C1CC1)c1cccc2ccccc12. The van der Waals surface area contributed by atoms with Gasteiger partial charge in [0.2, 0.25) is 5.91 Å². The molecule has 24 heavy (non-hydrogen) atoms. The van der Waals surface area contributed by atoms with E-state index in [4.69, 9.17) is 0 Å². The molecule has 0 spiro atoms. The zero-order valence-corrected chi connectivity index (χ0v) is 14.5. The van der Waals surface area contributed by atoms with Crippen LogP contribution >= 0.6 is 0 Å². The van der Waals surface area contributed by atoms with Gasteiger partial charge in [0, 0.05) is 18.5 Å². The monoisotopic (exact) mass is 326 g/mol. The topological polar surface area (TPSA) is 43.8 Å². The van der Waals surface area contributed by atoms with Crippen molar-refractivity contribution in [1.82, 2.24) is 4.90 Å². The van der Waals surface area contributed by atoms with E-state index in [9.17, 15) is 9.90 Å². The van der Waals surface area contributed by atoms with Crippen LogP contribution in [0.25, 0.3) is 10.8 Å². The van der Waals surface area contributed by atoms with Gasteiger partial charge in [-0.05, 0) is 44.2 Å². The van der Waals surface area contributed by atoms with Crippen LogP contribution in [0.15, 0.2) is 42.5 Å². The Morgan fingerprint density at radius 3 is 2.62 bits per heavy atom. The minimum absolute atomic E-state index is 0.0688. The van der Waals surface area contributed by atoms with Crippen molar-refractivity contribution < 1.29 is 9.90 Å². The number of rotatable bonds is 7. The van der Waals surface area contributed by atoms with E-state index in [0.717, 1.165) is 29.3 Å². The van der Waals surface area contributed by atoms with Crippen molar-refractivity contribution in [2.45, 2.75) is 25.9 Å². The number of carbonyl (C=O) groups is 1. The molecule has 3 rings (SSSR count). The molecular formula is C20H26N2O2. The maximum absolute atomic E-state index is 12.8. The summed E-state index contributed by atoms with van der Waals surface area (Å²) in [7, 11) is 1.90. The number of hydrogen-bond acceptors (Lipinski definition) is 3. The number of nitrogens with zero attached hydrogens (tertiary/aromatic N) is 2. The number of aliphatic hydroxyl groups is 1. The van der Waals surface area contributed by atoms with Gasteiger partial charge in [-0.3, -0.25) is 9.69 Å². The van der Waals surface area contributed by atoms with E-state index in [1.807, 2.05) is 48.0 Å². The molecule has 1 N–H and O–H groups in total. The minimum atomic E-state index is -0.310. The van der Waals surface area contributed by atoms with E-state index in [-0.39, 0.29) is 12.0 Å². The lowest BCUT2D eigenvalue weighted by atomic mass is 10.1. The van der Waals surface area contributed by atoms with Crippen LogP contribution in [0.1, 0.15) is 19.8 Å². The lowest BCUT2D eigenvalue weighted by Gasteiger charge is -2.26. The number of hydrogen-bond donors (Lipinski definition) is 1. The van der Waals surface area contributed by atoms with Gasteiger partial charge >= 0.3 is 0 Å². The summed E-state index contributed by atoms with van der Waals surface area (Å²) in [4.78, 5) is 16.6. The number of amides is 1. The Bertz CT molecular complexity index is 706. The van der Waals surface area contributed by atoms with Gasteiger partial charge in [0.05, 0.1) is 18.3 Å². The number of benzene rings is 2. The molecule has 2 aromatic rings. The molecule has 1 unspecified atom stereocenters. The quantitative estimate of drug-likeness (QED) is 0.851. The van der Waals surface area contributed by atoms with Crippen molar-refractivity contribution in [3.05, 3.63) is 42.5 Å². The number of likely N-dealkylation sites (N-methyl/N-ethyl adjacent to an activating group) is 2. The molecule has 1 aliphatic rings. The van der Waals surface area contributed by atoms with Crippen LogP contribution in [0.4, 0.5) is 5.69 Å². The second-order valence-corrected chi connectivity index (χ2v) is 6.74. The fourth-order valence-corrected chi connectivity index (χ4v) is 3.25. The molecular weight excluding hydrogens is 300 g/mol. The van der Waals surface area contributed by atoms with Crippen LogP contribution in [0, 0.1) is 5.92 Å². The molecule has 0 aliphatic heterocycles. The molecule has 0 bridgehead atoms. The van der Waals surface area contributed by atoms with E-state index in [2.05, 4.69) is 18.2 Å². The van der Waals surface area contributed by atoms with Crippen molar-refractivity contribution in [1.29, 1.82) is 0 Å². The van der Waals surface area contributed by atoms with Crippen molar-refractivity contribution in [2.75, 3.05) is 31.6 Å². The Kier molecular flexibility index (Phi) is 5.17. The third-order valence-corrected chi connectivity index (χ3v) is 4.74. The fourth-order valence-electron chi connectivity index (χ4n) is 3.25. The molecule has 2 aromatic carbocycles. The molecule has 1 saturated carbocycles. The summed E-state index contributed by atoms with van der Waals surface area (Å²) in [6.07, 6.45) is 1.91. The molecule has 4 nitrogen and oxygen atoms in total. The number of fused-ring (bicyclic) bond motifs is 1. The number of carbonyl (C=O) groups excluding carboxylic acids is 1. The number of aliphatic hydroxyl groups excluding tert-OH is 1. The van der Waals surface area contributed by atoms with Crippen LogP contribution in [0.5, 0.6) is 0 Å². The van der Waals surface area contributed by atoms with Crippen LogP contribution in [0.2, 0.25) is 0 Å². The molecule has 4 heteroatoms. The summed E-state index contributed by atoms with van der Waals surface area (Å²) < 4.78 is 0. The van der Waals surface area contributed by atoms with E-state index >= 15 is 0 Å². The van der Waals surface area contributed by atoms with Crippen LogP contribution in [0.3, 0.4) is 0 Å². The second-order valence-electron chi connectivity index (χ2n) is 6.74. The first kappa shape index (κ1) is 16.9. The van der Waals surface area contributed by atoms with Crippen molar-refractivity contribution >= 4 is 22.4 Å². The first-order chi connectivity index (χ1) is 11.6. The molecule has 1 aliphatic carbocycles. The minimum Gasteiger partial charge on any atom is -0.392 e. The number of anilines is 1. The van der Waals surface area contributed by atoms with E-state index in [0.29, 0.717) is 25.6 Å². The van der Waals surface area contributed by atoms with Crippen molar-refractivity contribution in [2.24, 2.45) is 5.92 Å². The Morgan fingerprint density at radius 2 is 1.92 bits per heavy atom. The van der Waals surface area contributed by atoms with Gasteiger partial charge in [0.1, 0.15) is 0 Å². The Hall–Kier alpha value is -1.91. The van der Waals surface area contributed by atoms with E-state index in [1.165, 1.54) is 0 Å². The maximum atomic E-state index is 12.8. The zero-order valence-electron chi connectivity index (χ0n) is 14.5.